The summed E-state index contributed by atoms with van der Waals surface area (Å²) in [5, 5.41) is 0. The second-order valence-electron chi connectivity index (χ2n) is 24.7. The van der Waals surface area contributed by atoms with E-state index >= 15 is 0 Å². The smallest absolute Gasteiger partial charge is 0.315 e. The van der Waals surface area contributed by atoms with Crippen LogP contribution in [0.25, 0.3) is 0 Å². The van der Waals surface area contributed by atoms with Gasteiger partial charge in [0.15, 0.2) is 12.2 Å². The van der Waals surface area contributed by atoms with Crippen LogP contribution in [0, 0.1) is 27.6 Å². The number of fused-ring (bicyclic) bond motifs is 3. The summed E-state index contributed by atoms with van der Waals surface area (Å²) in [7, 11) is 15.3. The molecule has 0 saturated carbocycles. The summed E-state index contributed by atoms with van der Waals surface area (Å²) in [6, 6.07) is 0. The van der Waals surface area contributed by atoms with Gasteiger partial charge < -0.3 is 32.4 Å². The standard InChI is InChI=1S/C13H24NO2.C12H24NO2.2C11H22NO2/c1-13(2,3)12(15)16-11-9-14(4)7-5-10(11)6-8-14;1-12(2,3)11(14)15-10-6-8-13(4,5)9-7-10;1-11(2,3)10(13)14-9-6-7-12(4,5)8-9;1-11(2,3)10(13)14-9-7-6-8-12(9,4)5/h10-11H,5-9H2,1-4H3;10H,6-9H2,1-5H3;2*9H,6-8H2,1-5H3/q4*+1. The van der Waals surface area contributed by atoms with Gasteiger partial charge in [-0.15, -0.1) is 0 Å². The molecular formula is C47H92N4O8+4. The summed E-state index contributed by atoms with van der Waals surface area (Å²) < 4.78 is 26.1. The maximum absolute atomic E-state index is 11.9. The van der Waals surface area contributed by atoms with E-state index in [0.29, 0.717) is 5.92 Å². The van der Waals surface area contributed by atoms with Crippen LogP contribution >= 0.6 is 0 Å². The lowest BCUT2D eigenvalue weighted by atomic mass is 9.83. The Morgan fingerprint density at radius 1 is 0.424 bits per heavy atom. The molecule has 6 aliphatic rings. The summed E-state index contributed by atoms with van der Waals surface area (Å²) in [5.74, 6) is 0.337. The zero-order valence-electron chi connectivity index (χ0n) is 41.5. The topological polar surface area (TPSA) is 105 Å². The van der Waals surface area contributed by atoms with Crippen molar-refractivity contribution in [3.8, 4) is 0 Å². The van der Waals surface area contributed by atoms with Gasteiger partial charge in [-0.1, -0.05) is 0 Å². The summed E-state index contributed by atoms with van der Waals surface area (Å²) >= 11 is 0. The maximum atomic E-state index is 11.9. The molecule has 12 nitrogen and oxygen atoms in total. The molecule has 6 rings (SSSR count). The van der Waals surface area contributed by atoms with Gasteiger partial charge in [-0.2, -0.15) is 0 Å². The van der Waals surface area contributed by atoms with Crippen LogP contribution in [-0.2, 0) is 38.1 Å². The highest BCUT2D eigenvalue weighted by Gasteiger charge is 2.46. The van der Waals surface area contributed by atoms with Gasteiger partial charge in [0, 0.05) is 50.9 Å². The lowest BCUT2D eigenvalue weighted by Crippen LogP contribution is -2.62. The lowest BCUT2D eigenvalue weighted by Gasteiger charge is -2.50. The fourth-order valence-electron chi connectivity index (χ4n) is 7.81. The molecule has 3 atom stereocenters. The fourth-order valence-corrected chi connectivity index (χ4v) is 7.81. The molecule has 0 radical (unpaired) electrons. The van der Waals surface area contributed by atoms with Crippen LogP contribution in [0.1, 0.15) is 128 Å². The van der Waals surface area contributed by atoms with Gasteiger partial charge in [0.2, 0.25) is 6.23 Å². The van der Waals surface area contributed by atoms with Crippen LogP contribution in [0.15, 0.2) is 0 Å². The van der Waals surface area contributed by atoms with Crippen molar-refractivity contribution in [2.75, 3.05) is 102 Å². The molecule has 6 saturated heterocycles. The third kappa shape index (κ3) is 17.9. The minimum Gasteiger partial charge on any atom is -0.461 e. The van der Waals surface area contributed by atoms with Gasteiger partial charge in [0.1, 0.15) is 19.2 Å². The molecule has 0 amide bonds. The third-order valence-electron chi connectivity index (χ3n) is 12.6. The highest BCUT2D eigenvalue weighted by atomic mass is 16.6. The van der Waals surface area contributed by atoms with Crippen LogP contribution in [0.4, 0.5) is 0 Å². The first kappa shape index (κ1) is 52.9. The van der Waals surface area contributed by atoms with Crippen molar-refractivity contribution in [1.82, 2.24) is 0 Å². The van der Waals surface area contributed by atoms with E-state index < -0.39 is 0 Å². The molecule has 0 aromatic heterocycles. The molecule has 0 spiro atoms. The molecule has 12 heteroatoms. The van der Waals surface area contributed by atoms with Crippen molar-refractivity contribution in [2.45, 2.75) is 153 Å². The predicted molar refractivity (Wildman–Crippen MR) is 235 cm³/mol. The molecule has 0 aromatic carbocycles. The number of hydrogen-bond acceptors (Lipinski definition) is 8. The van der Waals surface area contributed by atoms with E-state index in [2.05, 4.69) is 49.3 Å². The van der Waals surface area contributed by atoms with Crippen LogP contribution < -0.4 is 0 Å². The number of likely N-dealkylation sites (tertiary alicyclic amines) is 3. The van der Waals surface area contributed by atoms with E-state index in [1.807, 2.05) is 83.1 Å². The molecule has 59 heavy (non-hydrogen) atoms. The van der Waals surface area contributed by atoms with Crippen molar-refractivity contribution in [1.29, 1.82) is 0 Å². The van der Waals surface area contributed by atoms with E-state index in [9.17, 15) is 19.2 Å². The number of rotatable bonds is 4. The number of ether oxygens (including phenoxy) is 4. The van der Waals surface area contributed by atoms with Crippen LogP contribution in [0.3, 0.4) is 0 Å². The van der Waals surface area contributed by atoms with Crippen LogP contribution in [0.5, 0.6) is 0 Å². The van der Waals surface area contributed by atoms with Gasteiger partial charge in [0.05, 0.1) is 110 Å². The number of likely N-dealkylation sites (N-methyl/N-ethyl adjacent to an activating group) is 2. The molecule has 0 aliphatic carbocycles. The summed E-state index contributed by atoms with van der Waals surface area (Å²) in [6.07, 6.45) is 8.06. The molecule has 6 aliphatic heterocycles. The molecule has 3 unspecified atom stereocenters. The zero-order valence-corrected chi connectivity index (χ0v) is 41.5. The van der Waals surface area contributed by atoms with Crippen molar-refractivity contribution in [3.63, 3.8) is 0 Å². The fraction of sp³-hybridized carbons (Fsp3) is 0.915. The minimum atomic E-state index is -0.386. The molecule has 344 valence electrons. The Morgan fingerprint density at radius 3 is 1.19 bits per heavy atom. The first-order valence-electron chi connectivity index (χ1n) is 22.6. The van der Waals surface area contributed by atoms with Crippen molar-refractivity contribution >= 4 is 23.9 Å². The zero-order chi connectivity index (χ0) is 45.6. The van der Waals surface area contributed by atoms with E-state index in [4.69, 9.17) is 18.9 Å². The van der Waals surface area contributed by atoms with E-state index in [1.165, 1.54) is 25.9 Å². The monoisotopic (exact) mass is 841 g/mol. The van der Waals surface area contributed by atoms with E-state index in [0.717, 1.165) is 89.3 Å². The second kappa shape index (κ2) is 19.8. The number of carbonyl (C=O) groups is 4. The molecular weight excluding hydrogens is 749 g/mol. The summed E-state index contributed by atoms with van der Waals surface area (Å²) in [5.41, 5.74) is -1.51. The Morgan fingerprint density at radius 2 is 0.814 bits per heavy atom. The molecule has 6 fully saturated rings. The normalized spacial score (nSPS) is 28.6. The Bertz CT molecular complexity index is 1390. The second-order valence-corrected chi connectivity index (χ2v) is 24.7. The number of carbonyl (C=O) groups excluding carboxylic acids is 4. The van der Waals surface area contributed by atoms with Gasteiger partial charge >= 0.3 is 23.9 Å². The van der Waals surface area contributed by atoms with Crippen molar-refractivity contribution in [2.24, 2.45) is 27.6 Å². The number of quaternary nitrogens is 4. The average Bonchev–Trinajstić information content (AvgIpc) is 3.59. The van der Waals surface area contributed by atoms with Gasteiger partial charge in [0.25, 0.3) is 0 Å². The average molecular weight is 841 g/mol. The highest BCUT2D eigenvalue weighted by molar-refractivity contribution is 5.76. The van der Waals surface area contributed by atoms with Gasteiger partial charge in [-0.05, 0) is 83.1 Å². The molecule has 6 heterocycles. The van der Waals surface area contributed by atoms with E-state index in [1.54, 1.807) is 0 Å². The molecule has 0 N–H and O–H groups in total. The Kier molecular flexibility index (Phi) is 17.8. The molecule has 2 bridgehead atoms. The van der Waals surface area contributed by atoms with E-state index in [-0.39, 0.29) is 70.1 Å². The van der Waals surface area contributed by atoms with Crippen LogP contribution in [-0.4, -0.2) is 168 Å². The van der Waals surface area contributed by atoms with Gasteiger partial charge in [-0.3, -0.25) is 23.7 Å². The van der Waals surface area contributed by atoms with Crippen molar-refractivity contribution < 1.29 is 56.1 Å². The summed E-state index contributed by atoms with van der Waals surface area (Å²) in [4.78, 5) is 46.8. The quantitative estimate of drug-likeness (QED) is 0.173. The predicted octanol–water partition coefficient (Wildman–Crippen LogP) is 6.83. The highest BCUT2D eigenvalue weighted by Crippen LogP contribution is 2.35. The maximum Gasteiger partial charge on any atom is 0.315 e. The first-order valence-corrected chi connectivity index (χ1v) is 22.6. The Hall–Kier alpha value is -2.28. The summed E-state index contributed by atoms with van der Waals surface area (Å²) in [6.45, 7) is 31.7. The molecule has 0 aromatic rings. The number of esters is 4. The third-order valence-corrected chi connectivity index (χ3v) is 12.6. The Labute approximate surface area is 360 Å². The minimum absolute atomic E-state index is 0.0437. The van der Waals surface area contributed by atoms with Gasteiger partial charge in [-0.25, -0.2) is 0 Å². The van der Waals surface area contributed by atoms with Crippen LogP contribution in [0.2, 0.25) is 0 Å². The largest absolute Gasteiger partial charge is 0.461 e. The number of piperidine rings is 4. The first-order chi connectivity index (χ1) is 26.4. The van der Waals surface area contributed by atoms with Crippen molar-refractivity contribution in [3.05, 3.63) is 0 Å². The number of nitrogens with zero attached hydrogens (tertiary/aromatic N) is 4. The Balaban J connectivity index is 0.000000272. The SMILES string of the molecule is CC(C)(C)C(=O)OC1CCC[N+]1(C)C.CC(C)(C)C(=O)OC1CC[N+](C)(C)C1.CC(C)(C)C(=O)OC1CC[N+](C)(C)CC1.CC(C)(C)C(=O)OC1C[N+]2(C)CCC1CC2. The lowest BCUT2D eigenvalue weighted by molar-refractivity contribution is -0.928. The number of hydrogen-bond donors (Lipinski definition) is 0.